The molecular formula is C21H31IN5O3-. The third-order valence-electron chi connectivity index (χ3n) is 5.42. The van der Waals surface area contributed by atoms with E-state index in [4.69, 9.17) is 0 Å². The van der Waals surface area contributed by atoms with Crippen molar-refractivity contribution in [1.82, 2.24) is 8.43 Å². The maximum atomic E-state index is 13.2. The van der Waals surface area contributed by atoms with Gasteiger partial charge in [-0.25, -0.2) is 0 Å². The Kier molecular flexibility index (Phi) is 8.27. The van der Waals surface area contributed by atoms with Crippen LogP contribution in [0.2, 0.25) is 0 Å². The number of carbonyl (C=O) groups is 3. The number of halogens is 1. The van der Waals surface area contributed by atoms with E-state index in [1.807, 2.05) is 20.8 Å². The minimum absolute atomic E-state index is 0.0186. The van der Waals surface area contributed by atoms with E-state index in [0.29, 0.717) is 24.6 Å². The van der Waals surface area contributed by atoms with E-state index in [1.54, 1.807) is 4.90 Å². The third kappa shape index (κ3) is 6.41. The van der Waals surface area contributed by atoms with Crippen molar-refractivity contribution in [1.29, 1.82) is 5.26 Å². The molecule has 9 heteroatoms. The van der Waals surface area contributed by atoms with Crippen molar-refractivity contribution in [3.05, 3.63) is 0 Å². The fourth-order valence-corrected chi connectivity index (χ4v) is 6.15. The average molecular weight is 528 g/mol. The molecule has 4 atom stereocenters. The van der Waals surface area contributed by atoms with E-state index in [2.05, 4.69) is 40.4 Å². The third-order valence-corrected chi connectivity index (χ3v) is 7.65. The standard InChI is InChI=1S/C21H31IN5O3/c1-12(2)16-11-27(17(28)8-21(4,5)6)18(13(16)3)19(29)22-26-14(9-23)7-15-10-24-20(30)25-15/h10,12-14,16,18,26H,7-8,11H2,1-6H3/q-1/t13-,14?,16-,18+/m1/s1. The summed E-state index contributed by atoms with van der Waals surface area (Å²) in [7, 11) is 0. The van der Waals surface area contributed by atoms with Gasteiger partial charge in [0.25, 0.3) is 0 Å². The molecule has 0 aliphatic carbocycles. The molecule has 0 spiro atoms. The van der Waals surface area contributed by atoms with Crippen molar-refractivity contribution >= 4 is 27.7 Å². The average Bonchev–Trinajstić information content (AvgIpc) is 3.19. The summed E-state index contributed by atoms with van der Waals surface area (Å²) in [5.41, 5.74) is 0.288. The summed E-state index contributed by atoms with van der Waals surface area (Å²) in [5, 5.41) is 9.41. The molecule has 0 saturated carbocycles. The molecule has 1 N–H and O–H groups in total. The molecule has 2 heterocycles. The number of nitriles is 1. The molecule has 2 aliphatic heterocycles. The van der Waals surface area contributed by atoms with Gasteiger partial charge in [0.2, 0.25) is 0 Å². The minimum atomic E-state index is -1.17. The molecule has 0 aromatic carbocycles. The Morgan fingerprint density at radius 2 is 2.07 bits per heavy atom. The molecule has 0 bridgehead atoms. The molecule has 3 amide bonds. The van der Waals surface area contributed by atoms with Gasteiger partial charge in [0, 0.05) is 0 Å². The zero-order chi connectivity index (χ0) is 22.6. The summed E-state index contributed by atoms with van der Waals surface area (Å²) in [4.78, 5) is 46.3. The van der Waals surface area contributed by atoms with Gasteiger partial charge in [-0.2, -0.15) is 0 Å². The van der Waals surface area contributed by atoms with Crippen molar-refractivity contribution in [2.45, 2.75) is 66.5 Å². The number of amides is 3. The zero-order valence-electron chi connectivity index (χ0n) is 18.5. The Labute approximate surface area is 189 Å². The van der Waals surface area contributed by atoms with E-state index in [0.717, 1.165) is 0 Å². The molecule has 0 aromatic rings. The van der Waals surface area contributed by atoms with Crippen LogP contribution in [0.15, 0.2) is 9.98 Å². The van der Waals surface area contributed by atoms with E-state index in [-0.39, 0.29) is 33.4 Å². The van der Waals surface area contributed by atoms with Gasteiger partial charge in [-0.1, -0.05) is 0 Å². The van der Waals surface area contributed by atoms with Gasteiger partial charge in [-0.3, -0.25) is 0 Å². The van der Waals surface area contributed by atoms with Crippen LogP contribution in [0.3, 0.4) is 0 Å². The summed E-state index contributed by atoms with van der Waals surface area (Å²) in [6.45, 7) is 13.0. The predicted octanol–water partition coefficient (Wildman–Crippen LogP) is -0.410. The number of hydrogen-bond acceptors (Lipinski definition) is 5. The number of hydrogen-bond donors (Lipinski definition) is 1. The van der Waals surface area contributed by atoms with Crippen LogP contribution in [0.5, 0.6) is 0 Å². The molecule has 2 aliphatic rings. The van der Waals surface area contributed by atoms with Gasteiger partial charge in [0.15, 0.2) is 0 Å². The van der Waals surface area contributed by atoms with Crippen LogP contribution in [0, 0.1) is 34.5 Å². The Morgan fingerprint density at radius 1 is 1.40 bits per heavy atom. The molecule has 8 nitrogen and oxygen atoms in total. The van der Waals surface area contributed by atoms with Gasteiger partial charge >= 0.3 is 189 Å². The SMILES string of the molecule is CC(C)[C@H]1CN(C(=O)CC(C)(C)C)[C@H](C(=O)[I-]NC(C#N)CC2=NC(=O)N=C2)[C@@H]1C. The van der Waals surface area contributed by atoms with E-state index in [9.17, 15) is 19.6 Å². The predicted molar refractivity (Wildman–Crippen MR) is 111 cm³/mol. The topological polar surface area (TPSA) is 115 Å². The summed E-state index contributed by atoms with van der Waals surface area (Å²) in [5.74, 6) is 0.741. The van der Waals surface area contributed by atoms with E-state index < -0.39 is 39.6 Å². The number of nitrogens with one attached hydrogen (secondary N) is 1. The van der Waals surface area contributed by atoms with Crippen LogP contribution in [0.4, 0.5) is 4.79 Å². The van der Waals surface area contributed by atoms with Crippen LogP contribution >= 0.6 is 0 Å². The van der Waals surface area contributed by atoms with Gasteiger partial charge in [0.1, 0.15) is 0 Å². The van der Waals surface area contributed by atoms with Crippen molar-refractivity contribution in [2.75, 3.05) is 6.54 Å². The number of carbonyl (C=O) groups excluding carboxylic acids is 3. The molecule has 0 radical (unpaired) electrons. The maximum absolute atomic E-state index is 13.2. The molecule has 30 heavy (non-hydrogen) atoms. The molecule has 1 unspecified atom stereocenters. The summed E-state index contributed by atoms with van der Waals surface area (Å²) in [6, 6.07) is 0.491. The summed E-state index contributed by atoms with van der Waals surface area (Å²) in [6.07, 6.45) is 1.97. The first-order chi connectivity index (χ1) is 13.9. The van der Waals surface area contributed by atoms with Gasteiger partial charge < -0.3 is 0 Å². The van der Waals surface area contributed by atoms with Crippen LogP contribution in [0.1, 0.15) is 54.4 Å². The number of rotatable bonds is 8. The van der Waals surface area contributed by atoms with Crippen molar-refractivity contribution in [2.24, 2.45) is 33.2 Å². The Hall–Kier alpha value is -1.67. The second-order valence-electron chi connectivity index (χ2n) is 9.53. The molecule has 0 aromatic heterocycles. The fraction of sp³-hybridized carbons (Fsp3) is 0.714. The van der Waals surface area contributed by atoms with Crippen LogP contribution in [-0.2, 0) is 9.59 Å². The van der Waals surface area contributed by atoms with Crippen molar-refractivity contribution in [3.8, 4) is 6.07 Å². The van der Waals surface area contributed by atoms with Crippen molar-refractivity contribution < 1.29 is 35.9 Å². The summed E-state index contributed by atoms with van der Waals surface area (Å²) < 4.78 is 3.09. The first-order valence-electron chi connectivity index (χ1n) is 10.2. The number of likely N-dealkylation sites (tertiary alicyclic amines) is 1. The van der Waals surface area contributed by atoms with E-state index >= 15 is 0 Å². The number of urea groups is 1. The quantitative estimate of drug-likeness (QED) is 0.262. The monoisotopic (exact) mass is 528 g/mol. The number of nitrogens with zero attached hydrogens (tertiary/aromatic N) is 4. The van der Waals surface area contributed by atoms with Gasteiger partial charge in [0.05, 0.1) is 0 Å². The van der Waals surface area contributed by atoms with Crippen LogP contribution in [-0.4, -0.2) is 51.2 Å². The fourth-order valence-electron chi connectivity index (χ4n) is 3.89. The zero-order valence-corrected chi connectivity index (χ0v) is 20.6. The molecule has 166 valence electrons. The Morgan fingerprint density at radius 3 is 2.57 bits per heavy atom. The first kappa shape index (κ1) is 24.6. The summed E-state index contributed by atoms with van der Waals surface area (Å²) >= 11 is -1.17. The number of aliphatic imine (C=N–C) groups is 2. The van der Waals surface area contributed by atoms with Crippen LogP contribution < -0.4 is 25.0 Å². The van der Waals surface area contributed by atoms with Crippen LogP contribution in [0.25, 0.3) is 0 Å². The molecule has 1 fully saturated rings. The molecule has 2 rings (SSSR count). The normalized spacial score (nSPS) is 25.0. The molecular weight excluding hydrogens is 497 g/mol. The Bertz CT molecular complexity index is 793. The second-order valence-corrected chi connectivity index (χ2v) is 11.8. The molecule has 1 saturated heterocycles. The van der Waals surface area contributed by atoms with Crippen molar-refractivity contribution in [3.63, 3.8) is 0 Å². The van der Waals surface area contributed by atoms with E-state index in [1.165, 1.54) is 6.21 Å². The van der Waals surface area contributed by atoms with Gasteiger partial charge in [-0.05, 0) is 0 Å². The Balaban J connectivity index is 2.08. The van der Waals surface area contributed by atoms with Gasteiger partial charge in [-0.15, -0.1) is 0 Å². The second kappa shape index (κ2) is 10.1. The first-order valence-corrected chi connectivity index (χ1v) is 12.4.